The second-order valence-corrected chi connectivity index (χ2v) is 7.02. The van der Waals surface area contributed by atoms with Crippen LogP contribution in [0.1, 0.15) is 19.3 Å². The van der Waals surface area contributed by atoms with Crippen molar-refractivity contribution in [2.45, 2.75) is 19.3 Å². The quantitative estimate of drug-likeness (QED) is 0.613. The first-order chi connectivity index (χ1) is 8.74. The highest BCUT2D eigenvalue weighted by molar-refractivity contribution is 5.69. The average Bonchev–Trinajstić information content (AvgIpc) is 2.79. The van der Waals surface area contributed by atoms with Gasteiger partial charge in [0, 0.05) is 23.9 Å². The van der Waals surface area contributed by atoms with Crippen LogP contribution in [-0.4, -0.2) is 31.2 Å². The Morgan fingerprint density at radius 2 is 2.28 bits per heavy atom. The Balaban J connectivity index is 1.60. The molecule has 3 saturated carbocycles. The van der Waals surface area contributed by atoms with E-state index in [1.54, 1.807) is 0 Å². The lowest BCUT2D eigenvalue weighted by Gasteiger charge is -2.33. The van der Waals surface area contributed by atoms with E-state index in [0.29, 0.717) is 10.8 Å². The number of hydrogen-bond donors (Lipinski definition) is 0. The highest BCUT2D eigenvalue weighted by Crippen LogP contribution is 2.87. The first-order valence-electron chi connectivity index (χ1n) is 7.27. The molecular formula is C15H19NO2. The van der Waals surface area contributed by atoms with Gasteiger partial charge in [-0.2, -0.15) is 0 Å². The second-order valence-electron chi connectivity index (χ2n) is 7.02. The van der Waals surface area contributed by atoms with E-state index in [9.17, 15) is 4.79 Å². The number of amides is 1. The summed E-state index contributed by atoms with van der Waals surface area (Å²) in [4.78, 5) is 13.8. The topological polar surface area (TPSA) is 29.5 Å². The van der Waals surface area contributed by atoms with Crippen LogP contribution in [0.4, 0.5) is 4.79 Å². The van der Waals surface area contributed by atoms with E-state index in [4.69, 9.17) is 4.74 Å². The zero-order valence-electron chi connectivity index (χ0n) is 10.8. The van der Waals surface area contributed by atoms with Crippen LogP contribution in [0.15, 0.2) is 12.2 Å². The molecule has 3 nitrogen and oxygen atoms in total. The highest BCUT2D eigenvalue weighted by Gasteiger charge is 2.87. The van der Waals surface area contributed by atoms with Gasteiger partial charge in [0.05, 0.1) is 7.11 Å². The van der Waals surface area contributed by atoms with Gasteiger partial charge < -0.3 is 9.64 Å². The Hall–Kier alpha value is -0.990. The first-order valence-corrected chi connectivity index (χ1v) is 7.27. The fourth-order valence-electron chi connectivity index (χ4n) is 6.64. The molecule has 0 aromatic heterocycles. The SMILES string of the molecule is COC(=O)N1CC23C=CC4C(C5CCCC52)C43C1. The van der Waals surface area contributed by atoms with Gasteiger partial charge in [0.25, 0.3) is 0 Å². The summed E-state index contributed by atoms with van der Waals surface area (Å²) in [6.45, 7) is 1.87. The third-order valence-electron chi connectivity index (χ3n) is 6.97. The van der Waals surface area contributed by atoms with Crippen molar-refractivity contribution in [3.05, 3.63) is 12.2 Å². The molecule has 5 rings (SSSR count). The normalized spacial score (nSPS) is 57.5. The first kappa shape index (κ1) is 9.88. The lowest BCUT2D eigenvalue weighted by Crippen LogP contribution is -2.35. The molecule has 1 amide bonds. The van der Waals surface area contributed by atoms with Gasteiger partial charge >= 0.3 is 6.09 Å². The third kappa shape index (κ3) is 0.719. The minimum Gasteiger partial charge on any atom is -0.453 e. The van der Waals surface area contributed by atoms with Gasteiger partial charge in [-0.1, -0.05) is 18.6 Å². The maximum absolute atomic E-state index is 11.9. The molecule has 0 radical (unpaired) electrons. The number of carbonyl (C=O) groups excluding carboxylic acids is 1. The molecular weight excluding hydrogens is 226 g/mol. The van der Waals surface area contributed by atoms with Crippen LogP contribution >= 0.6 is 0 Å². The molecule has 0 aromatic carbocycles. The number of methoxy groups -OCH3 is 1. The number of allylic oxidation sites excluding steroid dienone is 1. The second kappa shape index (κ2) is 2.63. The predicted molar refractivity (Wildman–Crippen MR) is 65.8 cm³/mol. The van der Waals surface area contributed by atoms with Gasteiger partial charge in [-0.05, 0) is 36.5 Å². The lowest BCUT2D eigenvalue weighted by molar-refractivity contribution is 0.122. The van der Waals surface area contributed by atoms with E-state index in [-0.39, 0.29) is 6.09 Å². The third-order valence-corrected chi connectivity index (χ3v) is 6.97. The van der Waals surface area contributed by atoms with Crippen molar-refractivity contribution in [1.82, 2.24) is 4.90 Å². The van der Waals surface area contributed by atoms with Crippen LogP contribution in [0.25, 0.3) is 0 Å². The minimum atomic E-state index is -0.118. The van der Waals surface area contributed by atoms with Crippen molar-refractivity contribution in [2.24, 2.45) is 34.5 Å². The fourth-order valence-corrected chi connectivity index (χ4v) is 6.64. The largest absolute Gasteiger partial charge is 0.453 e. The number of fused-ring (bicyclic) bond motifs is 3. The maximum atomic E-state index is 11.9. The molecule has 96 valence electrons. The Morgan fingerprint density at radius 3 is 3.11 bits per heavy atom. The van der Waals surface area contributed by atoms with E-state index in [2.05, 4.69) is 12.2 Å². The molecule has 5 aliphatic rings. The van der Waals surface area contributed by atoms with E-state index in [0.717, 1.165) is 36.8 Å². The molecule has 18 heavy (non-hydrogen) atoms. The van der Waals surface area contributed by atoms with Gasteiger partial charge in [-0.25, -0.2) is 4.79 Å². The van der Waals surface area contributed by atoms with Gasteiger partial charge in [-0.3, -0.25) is 0 Å². The minimum absolute atomic E-state index is 0.118. The molecule has 6 atom stereocenters. The summed E-state index contributed by atoms with van der Waals surface area (Å²) in [5.74, 6) is 3.49. The van der Waals surface area contributed by atoms with Crippen LogP contribution < -0.4 is 0 Å². The van der Waals surface area contributed by atoms with Crippen molar-refractivity contribution in [2.75, 3.05) is 20.2 Å². The van der Waals surface area contributed by atoms with Crippen LogP contribution in [0.2, 0.25) is 0 Å². The van der Waals surface area contributed by atoms with Crippen molar-refractivity contribution < 1.29 is 9.53 Å². The summed E-state index contributed by atoms with van der Waals surface area (Å²) >= 11 is 0. The molecule has 6 unspecified atom stereocenters. The number of rotatable bonds is 0. The van der Waals surface area contributed by atoms with Crippen molar-refractivity contribution in [1.29, 1.82) is 0 Å². The van der Waals surface area contributed by atoms with Gasteiger partial charge in [0.15, 0.2) is 0 Å². The van der Waals surface area contributed by atoms with Gasteiger partial charge in [-0.15, -0.1) is 0 Å². The number of hydrogen-bond acceptors (Lipinski definition) is 2. The number of carbonyl (C=O) groups is 1. The van der Waals surface area contributed by atoms with Crippen LogP contribution in [0, 0.1) is 34.5 Å². The average molecular weight is 245 g/mol. The van der Waals surface area contributed by atoms with Crippen LogP contribution in [0.3, 0.4) is 0 Å². The zero-order chi connectivity index (χ0) is 12.1. The molecule has 1 spiro atoms. The summed E-state index contributed by atoms with van der Waals surface area (Å²) in [6.07, 6.45) is 9.09. The van der Waals surface area contributed by atoms with Gasteiger partial charge in [0.1, 0.15) is 0 Å². The summed E-state index contributed by atoms with van der Waals surface area (Å²) in [7, 11) is 1.50. The summed E-state index contributed by atoms with van der Waals surface area (Å²) < 4.78 is 4.94. The molecule has 1 aliphatic heterocycles. The summed E-state index contributed by atoms with van der Waals surface area (Å²) in [5, 5.41) is 0. The van der Waals surface area contributed by atoms with Crippen molar-refractivity contribution >= 4 is 6.09 Å². The molecule has 0 N–H and O–H groups in total. The molecule has 4 fully saturated rings. The Kier molecular flexibility index (Phi) is 1.45. The van der Waals surface area contributed by atoms with Crippen molar-refractivity contribution in [3.63, 3.8) is 0 Å². The van der Waals surface area contributed by atoms with E-state index in [1.165, 1.54) is 26.4 Å². The van der Waals surface area contributed by atoms with E-state index >= 15 is 0 Å². The predicted octanol–water partition coefficient (Wildman–Crippen LogP) is 2.29. The smallest absolute Gasteiger partial charge is 0.409 e. The Labute approximate surface area is 107 Å². The number of nitrogens with zero attached hydrogens (tertiary/aromatic N) is 1. The maximum Gasteiger partial charge on any atom is 0.409 e. The molecule has 0 bridgehead atoms. The molecule has 0 aromatic rings. The highest BCUT2D eigenvalue weighted by atomic mass is 16.5. The molecule has 1 heterocycles. The summed E-state index contributed by atoms with van der Waals surface area (Å²) in [5.41, 5.74) is 0.772. The Bertz CT molecular complexity index is 487. The van der Waals surface area contributed by atoms with Gasteiger partial charge in [0.2, 0.25) is 0 Å². The monoisotopic (exact) mass is 245 g/mol. The Morgan fingerprint density at radius 1 is 1.39 bits per heavy atom. The van der Waals surface area contributed by atoms with E-state index < -0.39 is 0 Å². The fraction of sp³-hybridized carbons (Fsp3) is 0.800. The van der Waals surface area contributed by atoms with Crippen LogP contribution in [-0.2, 0) is 4.74 Å². The standard InChI is InChI=1S/C15H19NO2/c1-18-13(17)16-7-14-6-5-11-12(15(11,14)8-16)9-3-2-4-10(9)14/h5-6,9-12H,2-4,7-8H2,1H3. The lowest BCUT2D eigenvalue weighted by atomic mass is 9.70. The molecule has 1 saturated heterocycles. The number of likely N-dealkylation sites (tertiary alicyclic amines) is 1. The number of ether oxygens (including phenoxy) is 1. The van der Waals surface area contributed by atoms with E-state index in [1.807, 2.05) is 4.90 Å². The molecule has 3 heteroatoms. The summed E-state index contributed by atoms with van der Waals surface area (Å²) in [6, 6.07) is 0. The van der Waals surface area contributed by atoms with Crippen LogP contribution in [0.5, 0.6) is 0 Å². The molecule has 4 aliphatic carbocycles. The zero-order valence-corrected chi connectivity index (χ0v) is 10.8. The van der Waals surface area contributed by atoms with Crippen molar-refractivity contribution in [3.8, 4) is 0 Å².